The monoisotopic (exact) mass is 173 g/mol. The van der Waals surface area contributed by atoms with Gasteiger partial charge in [-0.05, 0) is 24.0 Å². The van der Waals surface area contributed by atoms with Crippen molar-refractivity contribution in [3.8, 4) is 0 Å². The average Bonchev–Trinajstić information content (AvgIpc) is 2.15. The van der Waals surface area contributed by atoms with Gasteiger partial charge in [0.1, 0.15) is 5.69 Å². The van der Waals surface area contributed by atoms with E-state index in [1.54, 1.807) is 0 Å². The van der Waals surface area contributed by atoms with Crippen LogP contribution in [0.4, 0.5) is 0 Å². The molecule has 2 heteroatoms. The van der Waals surface area contributed by atoms with Crippen LogP contribution < -0.4 is 4.57 Å². The van der Waals surface area contributed by atoms with Crippen molar-refractivity contribution >= 4 is 10.9 Å². The molecule has 0 spiro atoms. The minimum atomic E-state index is 1.05. The van der Waals surface area contributed by atoms with E-state index in [-0.39, 0.29) is 0 Å². The molecule has 0 atom stereocenters. The molecule has 0 saturated heterocycles. The molecule has 1 heterocycles. The smallest absolute Gasteiger partial charge is 0.234 e. The number of hydrogen-bond acceptors (Lipinski definition) is 1. The number of hydrogen-bond donors (Lipinski definition) is 0. The van der Waals surface area contributed by atoms with E-state index < -0.39 is 0 Å². The maximum absolute atomic E-state index is 4.50. The summed E-state index contributed by atoms with van der Waals surface area (Å²) in [5.74, 6) is 1.05. The Labute approximate surface area is 77.9 Å². The number of rotatable bonds is 0. The molecule has 2 rings (SSSR count). The second-order valence-corrected chi connectivity index (χ2v) is 3.32. The highest BCUT2D eigenvalue weighted by molar-refractivity contribution is 5.79. The molecular weight excluding hydrogens is 160 g/mol. The van der Waals surface area contributed by atoms with Gasteiger partial charge in [0.2, 0.25) is 0 Å². The minimum Gasteiger partial charge on any atom is -0.234 e. The van der Waals surface area contributed by atoms with Gasteiger partial charge in [-0.15, -0.1) is 0 Å². The molecule has 1 aromatic heterocycles. The molecule has 0 fully saturated rings. The molecule has 0 aliphatic rings. The summed E-state index contributed by atoms with van der Waals surface area (Å²) in [5, 5.41) is 1.23. The van der Waals surface area contributed by atoms with Gasteiger partial charge in [0.15, 0.2) is 5.52 Å². The fourth-order valence-corrected chi connectivity index (χ4v) is 1.55. The Hall–Kier alpha value is -1.44. The van der Waals surface area contributed by atoms with E-state index in [4.69, 9.17) is 0 Å². The predicted octanol–water partition coefficient (Wildman–Crippen LogP) is 1.68. The number of aromatic nitrogens is 2. The lowest BCUT2D eigenvalue weighted by molar-refractivity contribution is -0.685. The zero-order valence-electron chi connectivity index (χ0n) is 8.20. The van der Waals surface area contributed by atoms with Crippen LogP contribution in [0.25, 0.3) is 10.9 Å². The van der Waals surface area contributed by atoms with Gasteiger partial charge in [-0.2, -0.15) is 0 Å². The van der Waals surface area contributed by atoms with Gasteiger partial charge in [-0.25, -0.2) is 4.57 Å². The van der Waals surface area contributed by atoms with Gasteiger partial charge in [0.05, 0.1) is 12.4 Å². The zero-order valence-corrected chi connectivity index (χ0v) is 8.20. The molecule has 0 saturated carbocycles. The third kappa shape index (κ3) is 1.18. The van der Waals surface area contributed by atoms with Gasteiger partial charge in [0.25, 0.3) is 5.82 Å². The molecule has 0 radical (unpaired) electrons. The Morgan fingerprint density at radius 1 is 1.15 bits per heavy atom. The molecule has 2 nitrogen and oxygen atoms in total. The van der Waals surface area contributed by atoms with Gasteiger partial charge in [-0.3, -0.25) is 0 Å². The summed E-state index contributed by atoms with van der Waals surface area (Å²) >= 11 is 0. The molecule has 0 N–H and O–H groups in total. The molecule has 66 valence electrons. The Morgan fingerprint density at radius 2 is 1.85 bits per heavy atom. The topological polar surface area (TPSA) is 16.8 Å². The Balaban J connectivity index is 2.94. The summed E-state index contributed by atoms with van der Waals surface area (Å²) in [4.78, 5) is 4.50. The third-order valence-corrected chi connectivity index (χ3v) is 2.56. The van der Waals surface area contributed by atoms with Crippen molar-refractivity contribution < 1.29 is 4.57 Å². The third-order valence-electron chi connectivity index (χ3n) is 2.56. The number of benzene rings is 1. The highest BCUT2D eigenvalue weighted by atomic mass is 15.0. The predicted molar refractivity (Wildman–Crippen MR) is 52.4 cm³/mol. The normalized spacial score (nSPS) is 10.7. The summed E-state index contributed by atoms with van der Waals surface area (Å²) in [6.45, 7) is 4.15. The second-order valence-electron chi connectivity index (χ2n) is 3.32. The number of para-hydroxylation sites is 1. The first kappa shape index (κ1) is 8.17. The second kappa shape index (κ2) is 2.80. The number of nitrogens with zero attached hydrogens (tertiary/aromatic N) is 2. The first-order chi connectivity index (χ1) is 6.20. The van der Waals surface area contributed by atoms with E-state index in [1.165, 1.54) is 11.1 Å². The van der Waals surface area contributed by atoms with E-state index in [2.05, 4.69) is 28.6 Å². The highest BCUT2D eigenvalue weighted by Crippen LogP contribution is 2.12. The van der Waals surface area contributed by atoms with Gasteiger partial charge in [0, 0.05) is 6.92 Å². The first-order valence-electron chi connectivity index (χ1n) is 4.42. The van der Waals surface area contributed by atoms with E-state index in [9.17, 15) is 0 Å². The summed E-state index contributed by atoms with van der Waals surface area (Å²) in [6, 6.07) is 8.23. The van der Waals surface area contributed by atoms with Crippen molar-refractivity contribution in [3.05, 3.63) is 35.8 Å². The zero-order chi connectivity index (χ0) is 9.42. The van der Waals surface area contributed by atoms with Crippen molar-refractivity contribution in [2.24, 2.45) is 7.05 Å². The summed E-state index contributed by atoms with van der Waals surface area (Å²) < 4.78 is 2.11. The molecule has 0 bridgehead atoms. The Morgan fingerprint density at radius 3 is 2.62 bits per heavy atom. The largest absolute Gasteiger partial charge is 0.295 e. The summed E-state index contributed by atoms with van der Waals surface area (Å²) in [7, 11) is 2.05. The van der Waals surface area contributed by atoms with Crippen LogP contribution in [-0.2, 0) is 7.05 Å². The van der Waals surface area contributed by atoms with Crippen LogP contribution in [0.1, 0.15) is 11.5 Å². The Kier molecular flexibility index (Phi) is 1.76. The minimum absolute atomic E-state index is 1.05. The van der Waals surface area contributed by atoms with Gasteiger partial charge < -0.3 is 0 Å². The molecule has 0 aliphatic carbocycles. The van der Waals surface area contributed by atoms with Crippen molar-refractivity contribution in [1.29, 1.82) is 0 Å². The van der Waals surface area contributed by atoms with Crippen LogP contribution >= 0.6 is 0 Å². The fraction of sp³-hybridized carbons (Fsp3) is 0.273. The van der Waals surface area contributed by atoms with Crippen molar-refractivity contribution in [1.82, 2.24) is 4.98 Å². The number of fused-ring (bicyclic) bond motifs is 1. The van der Waals surface area contributed by atoms with Crippen molar-refractivity contribution in [2.45, 2.75) is 13.8 Å². The molecule has 0 unspecified atom stereocenters. The van der Waals surface area contributed by atoms with Crippen LogP contribution in [0.5, 0.6) is 0 Å². The molecule has 13 heavy (non-hydrogen) atoms. The molecular formula is C11H13N2+. The van der Waals surface area contributed by atoms with Crippen molar-refractivity contribution in [2.75, 3.05) is 0 Å². The lowest BCUT2D eigenvalue weighted by Crippen LogP contribution is -2.36. The van der Waals surface area contributed by atoms with E-state index in [0.29, 0.717) is 0 Å². The average molecular weight is 173 g/mol. The quantitative estimate of drug-likeness (QED) is 0.554. The van der Waals surface area contributed by atoms with Crippen LogP contribution in [0.2, 0.25) is 0 Å². The lowest BCUT2D eigenvalue weighted by Gasteiger charge is -2.01. The lowest BCUT2D eigenvalue weighted by atomic mass is 10.2. The summed E-state index contributed by atoms with van der Waals surface area (Å²) in [6.07, 6.45) is 0. The van der Waals surface area contributed by atoms with Crippen LogP contribution in [0.3, 0.4) is 0 Å². The molecule has 0 aliphatic heterocycles. The SMILES string of the molecule is Cc1nc2ccccc2c(C)[n+]1C. The van der Waals surface area contributed by atoms with E-state index in [1.807, 2.05) is 26.1 Å². The van der Waals surface area contributed by atoms with Crippen LogP contribution in [-0.4, -0.2) is 4.98 Å². The van der Waals surface area contributed by atoms with Gasteiger partial charge >= 0.3 is 0 Å². The summed E-state index contributed by atoms with van der Waals surface area (Å²) in [5.41, 5.74) is 2.35. The standard InChI is InChI=1S/C11H13N2/c1-8-10-6-4-5-7-11(10)12-9(2)13(8)3/h4-7H,1-3H3/q+1. The van der Waals surface area contributed by atoms with E-state index >= 15 is 0 Å². The maximum Gasteiger partial charge on any atom is 0.295 e. The van der Waals surface area contributed by atoms with Crippen molar-refractivity contribution in [3.63, 3.8) is 0 Å². The fourth-order valence-electron chi connectivity index (χ4n) is 1.55. The maximum atomic E-state index is 4.50. The van der Waals surface area contributed by atoms with Crippen LogP contribution in [0.15, 0.2) is 24.3 Å². The van der Waals surface area contributed by atoms with Crippen LogP contribution in [0, 0.1) is 13.8 Å². The molecule has 1 aromatic carbocycles. The van der Waals surface area contributed by atoms with E-state index in [0.717, 1.165) is 11.3 Å². The molecule has 2 aromatic rings. The number of aryl methyl sites for hydroxylation is 2. The highest BCUT2D eigenvalue weighted by Gasteiger charge is 2.11. The van der Waals surface area contributed by atoms with Gasteiger partial charge in [-0.1, -0.05) is 12.1 Å². The molecule has 0 amide bonds. The first-order valence-corrected chi connectivity index (χ1v) is 4.42. The Bertz CT molecular complexity index is 461.